The van der Waals surface area contributed by atoms with Gasteiger partial charge in [-0.25, -0.2) is 4.39 Å². The van der Waals surface area contributed by atoms with E-state index in [4.69, 9.17) is 5.11 Å². The molecule has 0 aromatic heterocycles. The molecule has 1 aliphatic rings. The minimum absolute atomic E-state index is 0.0468. The molecule has 1 heterocycles. The topological polar surface area (TPSA) is 90.5 Å². The number of benzene rings is 3. The smallest absolute Gasteiger partial charge is 0.303 e. The molecule has 4 rings (SSSR count). The average molecular weight is 445 g/mol. The van der Waals surface area contributed by atoms with Crippen LogP contribution >= 0.6 is 0 Å². The Labute approximate surface area is 191 Å². The van der Waals surface area contributed by atoms with Crippen LogP contribution in [0.5, 0.6) is 0 Å². The zero-order chi connectivity index (χ0) is 23.4. The predicted molar refractivity (Wildman–Crippen MR) is 127 cm³/mol. The van der Waals surface area contributed by atoms with E-state index in [2.05, 4.69) is 16.0 Å². The number of carboxylic acid groups (broad SMARTS) is 1. The number of carbonyl (C=O) groups excluding carboxylic acids is 1. The number of halogens is 1. The molecule has 0 atom stereocenters. The Morgan fingerprint density at radius 3 is 2.55 bits per heavy atom. The molecule has 6 nitrogen and oxygen atoms in total. The second-order valence-electron chi connectivity index (χ2n) is 7.84. The molecule has 0 unspecified atom stereocenters. The monoisotopic (exact) mass is 445 g/mol. The molecule has 0 aliphatic carbocycles. The van der Waals surface area contributed by atoms with Crippen LogP contribution in [-0.2, 0) is 22.6 Å². The molecule has 7 heteroatoms. The summed E-state index contributed by atoms with van der Waals surface area (Å²) in [5, 5.41) is 18.2. The zero-order valence-corrected chi connectivity index (χ0v) is 18.1. The van der Waals surface area contributed by atoms with E-state index in [0.29, 0.717) is 35.5 Å². The molecule has 1 aliphatic heterocycles. The van der Waals surface area contributed by atoms with Crippen LogP contribution in [0.15, 0.2) is 66.7 Å². The van der Waals surface area contributed by atoms with Crippen molar-refractivity contribution < 1.29 is 19.1 Å². The van der Waals surface area contributed by atoms with Crippen LogP contribution in [-0.4, -0.2) is 24.0 Å². The zero-order valence-electron chi connectivity index (χ0n) is 18.1. The molecule has 0 spiro atoms. The van der Waals surface area contributed by atoms with Crippen molar-refractivity contribution in [3.63, 3.8) is 0 Å². The number of amides is 1. The van der Waals surface area contributed by atoms with E-state index in [1.165, 1.54) is 12.1 Å². The first-order valence-corrected chi connectivity index (χ1v) is 10.6. The van der Waals surface area contributed by atoms with Gasteiger partial charge in [-0.1, -0.05) is 36.4 Å². The fourth-order valence-corrected chi connectivity index (χ4v) is 3.87. The maximum Gasteiger partial charge on any atom is 0.303 e. The minimum Gasteiger partial charge on any atom is -0.481 e. The molecule has 0 saturated carbocycles. The fraction of sp³-hybridized carbons (Fsp3) is 0.154. The maximum absolute atomic E-state index is 13.7. The summed E-state index contributed by atoms with van der Waals surface area (Å²) in [6.45, 7) is 0.697. The summed E-state index contributed by atoms with van der Waals surface area (Å²) < 4.78 is 13.7. The van der Waals surface area contributed by atoms with E-state index < -0.39 is 11.8 Å². The lowest BCUT2D eigenvalue weighted by molar-refractivity contribution is -0.137. The summed E-state index contributed by atoms with van der Waals surface area (Å²) in [5.74, 6) is -1.59. The number of nitrogens with one attached hydrogen (secondary N) is 3. The first kappa shape index (κ1) is 22.2. The van der Waals surface area contributed by atoms with E-state index in [1.54, 1.807) is 6.07 Å². The second kappa shape index (κ2) is 9.67. The van der Waals surface area contributed by atoms with Gasteiger partial charge in [0, 0.05) is 24.2 Å². The quantitative estimate of drug-likeness (QED) is 0.384. The first-order valence-electron chi connectivity index (χ1n) is 10.6. The van der Waals surface area contributed by atoms with Gasteiger partial charge in [0.25, 0.3) is 5.91 Å². The van der Waals surface area contributed by atoms with Crippen LogP contribution in [0.3, 0.4) is 0 Å². The Bertz CT molecular complexity index is 1240. The van der Waals surface area contributed by atoms with Gasteiger partial charge >= 0.3 is 5.97 Å². The third-order valence-electron chi connectivity index (χ3n) is 5.42. The third kappa shape index (κ3) is 5.10. The number of carbonyl (C=O) groups is 2. The molecule has 1 amide bonds. The molecular weight excluding hydrogens is 421 g/mol. The van der Waals surface area contributed by atoms with Gasteiger partial charge in [0.2, 0.25) is 0 Å². The van der Waals surface area contributed by atoms with Gasteiger partial charge in [0.1, 0.15) is 5.82 Å². The summed E-state index contributed by atoms with van der Waals surface area (Å²) in [6, 6.07) is 19.5. The van der Waals surface area contributed by atoms with Gasteiger partial charge < -0.3 is 21.1 Å². The van der Waals surface area contributed by atoms with Crippen LogP contribution in [0, 0.1) is 5.82 Å². The lowest BCUT2D eigenvalue weighted by Gasteiger charge is -2.16. The van der Waals surface area contributed by atoms with Crippen LogP contribution in [0.25, 0.3) is 11.3 Å². The number of carboxylic acids is 1. The lowest BCUT2D eigenvalue weighted by Crippen LogP contribution is -2.11. The van der Waals surface area contributed by atoms with Gasteiger partial charge in [-0.2, -0.15) is 0 Å². The molecule has 33 heavy (non-hydrogen) atoms. The number of aryl methyl sites for hydroxylation is 1. The number of hydrogen-bond donors (Lipinski definition) is 4. The largest absolute Gasteiger partial charge is 0.481 e. The number of hydrogen-bond acceptors (Lipinski definition) is 4. The number of fused-ring (bicyclic) bond motifs is 1. The van der Waals surface area contributed by atoms with Gasteiger partial charge in [0.05, 0.1) is 17.0 Å². The van der Waals surface area contributed by atoms with Gasteiger partial charge in [-0.3, -0.25) is 9.59 Å². The summed E-state index contributed by atoms with van der Waals surface area (Å²) in [7, 11) is 1.87. The van der Waals surface area contributed by atoms with Crippen LogP contribution in [0.1, 0.15) is 28.7 Å². The number of aliphatic carboxylic acids is 1. The molecular formula is C26H24FN3O3. The molecule has 3 aromatic carbocycles. The van der Waals surface area contributed by atoms with Crippen molar-refractivity contribution in [1.82, 2.24) is 5.32 Å². The Balaban J connectivity index is 1.78. The molecule has 0 bridgehead atoms. The molecule has 3 aromatic rings. The Hall–Kier alpha value is -3.97. The molecule has 0 saturated heterocycles. The van der Waals surface area contributed by atoms with Crippen molar-refractivity contribution in [2.24, 2.45) is 0 Å². The minimum atomic E-state index is -0.850. The van der Waals surface area contributed by atoms with Crippen molar-refractivity contribution in [3.8, 4) is 0 Å². The predicted octanol–water partition coefficient (Wildman–Crippen LogP) is 4.49. The summed E-state index contributed by atoms with van der Waals surface area (Å²) in [5.41, 5.74) is 5.58. The third-order valence-corrected chi connectivity index (χ3v) is 5.42. The first-order chi connectivity index (χ1) is 15.9. The summed E-state index contributed by atoms with van der Waals surface area (Å²) >= 11 is 0. The summed E-state index contributed by atoms with van der Waals surface area (Å²) in [4.78, 5) is 23.8. The van der Waals surface area contributed by atoms with E-state index in [0.717, 1.165) is 22.4 Å². The lowest BCUT2D eigenvalue weighted by atomic mass is 9.98. The normalized spacial score (nSPS) is 13.9. The Kier molecular flexibility index (Phi) is 6.51. The second-order valence-corrected chi connectivity index (χ2v) is 7.84. The van der Waals surface area contributed by atoms with E-state index >= 15 is 0 Å². The van der Waals surface area contributed by atoms with Crippen LogP contribution < -0.4 is 16.0 Å². The Morgan fingerprint density at radius 2 is 1.82 bits per heavy atom. The standard InChI is InChI=1S/C26H24FN3O3/c1-28-15-17-3-2-4-20(13-17)29-25(18-8-5-16(6-9-18)7-12-23(31)32)24-21-11-10-19(27)14-22(21)30-26(24)33/h2-6,8-11,13-14,28-29H,7,12,15H2,1H3,(H,30,33)(H,31,32)/b25-24-. The highest BCUT2D eigenvalue weighted by atomic mass is 19.1. The number of rotatable bonds is 8. The highest BCUT2D eigenvalue weighted by Crippen LogP contribution is 2.38. The SMILES string of the molecule is CNCc1cccc(N/C(=C2\C(=O)Nc3cc(F)ccc32)c2ccc(CCC(=O)O)cc2)c1. The molecule has 0 fully saturated rings. The van der Waals surface area contributed by atoms with Crippen molar-refractivity contribution in [3.05, 3.63) is 94.8 Å². The molecule has 168 valence electrons. The van der Waals surface area contributed by atoms with Gasteiger partial charge in [-0.05, 0) is 60.5 Å². The average Bonchev–Trinajstić information content (AvgIpc) is 3.11. The van der Waals surface area contributed by atoms with Gasteiger partial charge in [-0.15, -0.1) is 0 Å². The number of anilines is 2. The van der Waals surface area contributed by atoms with Crippen LogP contribution in [0.2, 0.25) is 0 Å². The fourth-order valence-electron chi connectivity index (χ4n) is 3.87. The van der Waals surface area contributed by atoms with Crippen molar-refractivity contribution in [2.75, 3.05) is 17.7 Å². The van der Waals surface area contributed by atoms with E-state index in [9.17, 15) is 14.0 Å². The highest BCUT2D eigenvalue weighted by molar-refractivity contribution is 6.37. The van der Waals surface area contributed by atoms with Gasteiger partial charge in [0.15, 0.2) is 0 Å². The van der Waals surface area contributed by atoms with E-state index in [1.807, 2.05) is 55.6 Å². The highest BCUT2D eigenvalue weighted by Gasteiger charge is 2.28. The van der Waals surface area contributed by atoms with Crippen molar-refractivity contribution in [1.29, 1.82) is 0 Å². The van der Waals surface area contributed by atoms with E-state index in [-0.39, 0.29) is 12.3 Å². The Morgan fingerprint density at radius 1 is 1.03 bits per heavy atom. The van der Waals surface area contributed by atoms with Crippen molar-refractivity contribution in [2.45, 2.75) is 19.4 Å². The molecule has 4 N–H and O–H groups in total. The van der Waals surface area contributed by atoms with Crippen molar-refractivity contribution >= 4 is 34.5 Å². The molecule has 0 radical (unpaired) electrons. The summed E-state index contributed by atoms with van der Waals surface area (Å²) in [6.07, 6.45) is 0.467. The van der Waals surface area contributed by atoms with Crippen LogP contribution in [0.4, 0.5) is 15.8 Å². The maximum atomic E-state index is 13.7.